The molecule has 0 atom stereocenters. The SMILES string of the molecule is C/C(NCc1ccccc1)=C(/SC(F)(F)F)C(=O)c1ccccc1. The maximum Gasteiger partial charge on any atom is 0.446 e. The number of halogens is 3. The van der Waals surface area contributed by atoms with E-state index in [9.17, 15) is 18.0 Å². The Morgan fingerprint density at radius 2 is 1.54 bits per heavy atom. The third-order valence-corrected chi connectivity index (χ3v) is 4.13. The third kappa shape index (κ3) is 5.45. The van der Waals surface area contributed by atoms with E-state index in [1.165, 1.54) is 19.1 Å². The Labute approximate surface area is 142 Å². The first kappa shape index (κ1) is 18.1. The molecular formula is C18H16F3NOS. The van der Waals surface area contributed by atoms with Crippen LogP contribution in [-0.2, 0) is 6.54 Å². The maximum absolute atomic E-state index is 12.9. The molecular weight excluding hydrogens is 335 g/mol. The zero-order valence-electron chi connectivity index (χ0n) is 12.9. The minimum absolute atomic E-state index is 0.204. The first-order valence-electron chi connectivity index (χ1n) is 7.21. The number of carbonyl (C=O) groups excluding carboxylic acids is 1. The molecule has 2 nitrogen and oxygen atoms in total. The van der Waals surface area contributed by atoms with E-state index in [0.29, 0.717) is 6.54 Å². The number of hydrogen-bond acceptors (Lipinski definition) is 3. The second kappa shape index (κ2) is 8.06. The first-order valence-corrected chi connectivity index (χ1v) is 8.02. The summed E-state index contributed by atoms with van der Waals surface area (Å²) in [5.41, 5.74) is -3.18. The molecule has 0 aliphatic rings. The van der Waals surface area contributed by atoms with E-state index in [2.05, 4.69) is 5.32 Å². The van der Waals surface area contributed by atoms with Gasteiger partial charge < -0.3 is 5.32 Å². The zero-order chi connectivity index (χ0) is 17.6. The molecule has 24 heavy (non-hydrogen) atoms. The number of carbonyl (C=O) groups is 1. The Bertz CT molecular complexity index is 712. The zero-order valence-corrected chi connectivity index (χ0v) is 13.7. The van der Waals surface area contributed by atoms with E-state index >= 15 is 0 Å². The number of ketones is 1. The summed E-state index contributed by atoms with van der Waals surface area (Å²) in [6, 6.07) is 17.2. The molecule has 0 aromatic heterocycles. The molecule has 0 saturated carbocycles. The summed E-state index contributed by atoms with van der Waals surface area (Å²) in [7, 11) is 0. The van der Waals surface area contributed by atoms with E-state index in [4.69, 9.17) is 0 Å². The Kier molecular flexibility index (Phi) is 6.09. The highest BCUT2D eigenvalue weighted by molar-refractivity contribution is 8.04. The van der Waals surface area contributed by atoms with E-state index in [-0.39, 0.29) is 27.9 Å². The summed E-state index contributed by atoms with van der Waals surface area (Å²) >= 11 is -0.384. The lowest BCUT2D eigenvalue weighted by atomic mass is 10.1. The summed E-state index contributed by atoms with van der Waals surface area (Å²) in [4.78, 5) is 12.1. The average molecular weight is 351 g/mol. The second-order valence-corrected chi connectivity index (χ2v) is 6.11. The standard InChI is InChI=1S/C18H16F3NOS/c1-13(22-12-14-8-4-2-5-9-14)17(24-18(19,20)21)16(23)15-10-6-3-7-11-15/h2-11,22H,12H2,1H3/b17-13-. The van der Waals surface area contributed by atoms with Gasteiger partial charge in [0.15, 0.2) is 0 Å². The highest BCUT2D eigenvalue weighted by Gasteiger charge is 2.34. The van der Waals surface area contributed by atoms with Crippen molar-refractivity contribution in [3.8, 4) is 0 Å². The van der Waals surface area contributed by atoms with Crippen molar-refractivity contribution in [3.63, 3.8) is 0 Å². The van der Waals surface area contributed by atoms with Crippen LogP contribution in [0.25, 0.3) is 0 Å². The molecule has 126 valence electrons. The summed E-state index contributed by atoms with van der Waals surface area (Å²) in [5, 5.41) is 2.91. The van der Waals surface area contributed by atoms with E-state index in [1.54, 1.807) is 18.2 Å². The van der Waals surface area contributed by atoms with E-state index < -0.39 is 11.3 Å². The van der Waals surface area contributed by atoms with Gasteiger partial charge in [-0.25, -0.2) is 0 Å². The summed E-state index contributed by atoms with van der Waals surface area (Å²) < 4.78 is 38.6. The molecule has 0 aliphatic carbocycles. The van der Waals surface area contributed by atoms with Crippen molar-refractivity contribution in [3.05, 3.63) is 82.4 Å². The number of nitrogens with one attached hydrogen (secondary N) is 1. The van der Waals surface area contributed by atoms with Crippen molar-refractivity contribution >= 4 is 17.5 Å². The predicted molar refractivity (Wildman–Crippen MR) is 90.4 cm³/mol. The summed E-state index contributed by atoms with van der Waals surface area (Å²) in [5.74, 6) is -0.643. The maximum atomic E-state index is 12.9. The number of hydrogen-bond donors (Lipinski definition) is 1. The summed E-state index contributed by atoms with van der Waals surface area (Å²) in [6.45, 7) is 1.83. The van der Waals surface area contributed by atoms with Gasteiger partial charge in [0.05, 0.1) is 4.91 Å². The van der Waals surface area contributed by atoms with Crippen LogP contribution in [0.3, 0.4) is 0 Å². The van der Waals surface area contributed by atoms with Crippen LogP contribution >= 0.6 is 11.8 Å². The fourth-order valence-corrected chi connectivity index (χ4v) is 2.71. The monoisotopic (exact) mass is 351 g/mol. The lowest BCUT2D eigenvalue weighted by Gasteiger charge is -2.15. The van der Waals surface area contributed by atoms with Gasteiger partial charge in [-0.15, -0.1) is 0 Å². The molecule has 0 radical (unpaired) electrons. The van der Waals surface area contributed by atoms with Crippen LogP contribution in [0.1, 0.15) is 22.8 Å². The number of Topliss-reactive ketones (excluding diaryl/α,β-unsaturated/α-hetero) is 1. The average Bonchev–Trinajstić information content (AvgIpc) is 2.58. The second-order valence-electron chi connectivity index (χ2n) is 5.04. The van der Waals surface area contributed by atoms with Gasteiger partial charge in [-0.05, 0) is 24.2 Å². The molecule has 2 aromatic rings. The van der Waals surface area contributed by atoms with Crippen molar-refractivity contribution in [2.24, 2.45) is 0 Å². The number of alkyl halides is 3. The number of allylic oxidation sites excluding steroid dienone is 2. The summed E-state index contributed by atoms with van der Waals surface area (Å²) in [6.07, 6.45) is 0. The van der Waals surface area contributed by atoms with Crippen LogP contribution in [0.5, 0.6) is 0 Å². The largest absolute Gasteiger partial charge is 0.446 e. The molecule has 2 rings (SSSR count). The van der Waals surface area contributed by atoms with Gasteiger partial charge in [-0.2, -0.15) is 13.2 Å². The molecule has 0 heterocycles. The first-order chi connectivity index (χ1) is 11.4. The topological polar surface area (TPSA) is 29.1 Å². The van der Waals surface area contributed by atoms with Gasteiger partial charge >= 0.3 is 5.51 Å². The normalized spacial score (nSPS) is 12.5. The molecule has 0 bridgehead atoms. The molecule has 0 unspecified atom stereocenters. The van der Waals surface area contributed by atoms with E-state index in [0.717, 1.165) is 5.56 Å². The van der Waals surface area contributed by atoms with Crippen LogP contribution in [0.4, 0.5) is 13.2 Å². The van der Waals surface area contributed by atoms with Gasteiger partial charge in [0.25, 0.3) is 0 Å². The predicted octanol–water partition coefficient (Wildman–Crippen LogP) is 5.14. The van der Waals surface area contributed by atoms with Crippen LogP contribution in [0.2, 0.25) is 0 Å². The molecule has 1 N–H and O–H groups in total. The Morgan fingerprint density at radius 3 is 2.08 bits per heavy atom. The molecule has 2 aromatic carbocycles. The minimum atomic E-state index is -4.53. The van der Waals surface area contributed by atoms with E-state index in [1.807, 2.05) is 30.3 Å². The van der Waals surface area contributed by atoms with Crippen LogP contribution in [-0.4, -0.2) is 11.3 Å². The molecule has 6 heteroatoms. The quantitative estimate of drug-likeness (QED) is 0.577. The van der Waals surface area contributed by atoms with Gasteiger partial charge in [-0.1, -0.05) is 60.7 Å². The lowest BCUT2D eigenvalue weighted by molar-refractivity contribution is -0.0322. The van der Waals surface area contributed by atoms with Gasteiger partial charge in [0.2, 0.25) is 5.78 Å². The highest BCUT2D eigenvalue weighted by atomic mass is 32.2. The van der Waals surface area contributed by atoms with Crippen molar-refractivity contribution in [2.45, 2.75) is 19.0 Å². The van der Waals surface area contributed by atoms with Crippen molar-refractivity contribution in [1.29, 1.82) is 0 Å². The molecule has 0 fully saturated rings. The Morgan fingerprint density at radius 1 is 1.00 bits per heavy atom. The van der Waals surface area contributed by atoms with Crippen LogP contribution in [0, 0.1) is 0 Å². The van der Waals surface area contributed by atoms with Gasteiger partial charge in [0, 0.05) is 17.8 Å². The van der Waals surface area contributed by atoms with Crippen molar-refractivity contribution in [1.82, 2.24) is 5.32 Å². The van der Waals surface area contributed by atoms with Crippen LogP contribution in [0.15, 0.2) is 71.3 Å². The Balaban J connectivity index is 2.25. The molecule has 0 aliphatic heterocycles. The number of benzene rings is 2. The van der Waals surface area contributed by atoms with Crippen molar-refractivity contribution < 1.29 is 18.0 Å². The smallest absolute Gasteiger partial charge is 0.383 e. The number of rotatable bonds is 6. The molecule has 0 amide bonds. The molecule has 0 saturated heterocycles. The van der Waals surface area contributed by atoms with Gasteiger partial charge in [0.1, 0.15) is 0 Å². The highest BCUT2D eigenvalue weighted by Crippen LogP contribution is 2.38. The van der Waals surface area contributed by atoms with Gasteiger partial charge in [-0.3, -0.25) is 4.79 Å². The van der Waals surface area contributed by atoms with Crippen LogP contribution < -0.4 is 5.32 Å². The molecule has 0 spiro atoms. The third-order valence-electron chi connectivity index (χ3n) is 3.20. The minimum Gasteiger partial charge on any atom is -0.383 e. The lowest BCUT2D eigenvalue weighted by Crippen LogP contribution is -2.17. The number of thioether (sulfide) groups is 1. The fraction of sp³-hybridized carbons (Fsp3) is 0.167. The Hall–Kier alpha value is -2.21. The fourth-order valence-electron chi connectivity index (χ4n) is 2.04. The van der Waals surface area contributed by atoms with Crippen molar-refractivity contribution in [2.75, 3.05) is 0 Å².